The number of ether oxygens (including phenoxy) is 2. The number of para-hydroxylation sites is 1. The second-order valence-corrected chi connectivity index (χ2v) is 11.6. The Kier molecular flexibility index (Phi) is 5.48. The Morgan fingerprint density at radius 2 is 1.46 bits per heavy atom. The normalized spacial score (nSPS) is 19.9. The fourth-order valence-electron chi connectivity index (χ4n) is 6.21. The van der Waals surface area contributed by atoms with Crippen LogP contribution >= 0.6 is 0 Å². The van der Waals surface area contributed by atoms with Crippen molar-refractivity contribution in [3.05, 3.63) is 107 Å². The second-order valence-electron chi connectivity index (χ2n) is 9.81. The van der Waals surface area contributed by atoms with Gasteiger partial charge in [-0.1, -0.05) is 54.1 Å². The molecule has 2 bridgehead atoms. The molecule has 6 rings (SSSR count). The van der Waals surface area contributed by atoms with E-state index in [9.17, 15) is 18.0 Å². The summed E-state index contributed by atoms with van der Waals surface area (Å²) >= 11 is 0. The molecule has 0 saturated carbocycles. The van der Waals surface area contributed by atoms with Gasteiger partial charge in [0.1, 0.15) is 6.04 Å². The number of aryl methyl sites for hydroxylation is 1. The highest BCUT2D eigenvalue weighted by Crippen LogP contribution is 2.64. The maximum atomic E-state index is 14.3. The van der Waals surface area contributed by atoms with E-state index < -0.39 is 33.5 Å². The number of esters is 2. The summed E-state index contributed by atoms with van der Waals surface area (Å²) in [5, 5.41) is 0.666. The minimum absolute atomic E-state index is 0.0623. The van der Waals surface area contributed by atoms with Crippen LogP contribution in [0.15, 0.2) is 94.9 Å². The molecule has 0 spiro atoms. The van der Waals surface area contributed by atoms with Crippen LogP contribution in [0.25, 0.3) is 10.9 Å². The summed E-state index contributed by atoms with van der Waals surface area (Å²) in [5.41, 5.74) is 2.21. The average molecular weight is 543 g/mol. The number of fused-ring (bicyclic) bond motifs is 7. The third kappa shape index (κ3) is 3.19. The van der Waals surface area contributed by atoms with Gasteiger partial charge in [0, 0.05) is 16.6 Å². The molecule has 39 heavy (non-hydrogen) atoms. The molecule has 2 aliphatic rings. The van der Waals surface area contributed by atoms with Gasteiger partial charge in [-0.25, -0.2) is 22.0 Å². The molecule has 0 N–H and O–H groups in total. The lowest BCUT2D eigenvalue weighted by Gasteiger charge is -2.36. The van der Waals surface area contributed by atoms with Gasteiger partial charge < -0.3 is 14.4 Å². The Morgan fingerprint density at radius 3 is 2.10 bits per heavy atom. The third-order valence-electron chi connectivity index (χ3n) is 7.77. The fourth-order valence-corrected chi connectivity index (χ4v) is 7.79. The molecule has 9 heteroatoms. The molecule has 198 valence electrons. The van der Waals surface area contributed by atoms with Crippen LogP contribution in [0.2, 0.25) is 0 Å². The van der Waals surface area contributed by atoms with Gasteiger partial charge >= 0.3 is 11.9 Å². The molecule has 0 unspecified atom stereocenters. The summed E-state index contributed by atoms with van der Waals surface area (Å²) in [5.74, 6) is -1.40. The number of anilines is 1. The Morgan fingerprint density at radius 1 is 0.846 bits per heavy atom. The molecule has 2 aliphatic heterocycles. The van der Waals surface area contributed by atoms with Crippen molar-refractivity contribution in [3.8, 4) is 0 Å². The predicted octanol–water partition coefficient (Wildman–Crippen LogP) is 4.62. The van der Waals surface area contributed by atoms with Gasteiger partial charge in [-0.2, -0.15) is 0 Å². The van der Waals surface area contributed by atoms with E-state index >= 15 is 0 Å². The van der Waals surface area contributed by atoms with Crippen molar-refractivity contribution in [3.63, 3.8) is 0 Å². The Bertz CT molecular complexity index is 1810. The molecular formula is C30H26N2O6S. The number of rotatable bonds is 5. The summed E-state index contributed by atoms with van der Waals surface area (Å²) in [7, 11) is -1.60. The highest BCUT2D eigenvalue weighted by Gasteiger charge is 2.64. The first kappa shape index (κ1) is 24.9. The van der Waals surface area contributed by atoms with Crippen molar-refractivity contribution < 1.29 is 27.5 Å². The number of carbonyl (C=O) groups is 2. The van der Waals surface area contributed by atoms with Crippen molar-refractivity contribution in [1.29, 1.82) is 0 Å². The quantitative estimate of drug-likeness (QED) is 0.340. The molecule has 0 amide bonds. The van der Waals surface area contributed by atoms with Gasteiger partial charge in [0.15, 0.2) is 0 Å². The van der Waals surface area contributed by atoms with Gasteiger partial charge in [-0.05, 0) is 44.2 Å². The molecule has 0 saturated heterocycles. The first-order valence-electron chi connectivity index (χ1n) is 12.4. The summed E-state index contributed by atoms with van der Waals surface area (Å²) in [6.45, 7) is 3.80. The van der Waals surface area contributed by atoms with Gasteiger partial charge in [-0.3, -0.25) is 0 Å². The van der Waals surface area contributed by atoms with Gasteiger partial charge in [0.05, 0.1) is 47.0 Å². The maximum Gasteiger partial charge on any atom is 0.337 e. The monoisotopic (exact) mass is 542 g/mol. The number of carbonyl (C=O) groups excluding carboxylic acids is 2. The summed E-state index contributed by atoms with van der Waals surface area (Å²) in [6, 6.07) is 22.1. The fraction of sp³-hybridized carbons (Fsp3) is 0.200. The molecule has 3 heterocycles. The molecule has 0 aliphatic carbocycles. The zero-order valence-corrected chi connectivity index (χ0v) is 22.7. The minimum Gasteiger partial charge on any atom is -0.466 e. The van der Waals surface area contributed by atoms with Crippen LogP contribution in [0.1, 0.15) is 29.8 Å². The largest absolute Gasteiger partial charge is 0.466 e. The maximum absolute atomic E-state index is 14.3. The van der Waals surface area contributed by atoms with Crippen molar-refractivity contribution in [1.82, 2.24) is 3.97 Å². The summed E-state index contributed by atoms with van der Waals surface area (Å²) in [6.07, 6.45) is 0. The number of hydrogen-bond donors (Lipinski definition) is 0. The van der Waals surface area contributed by atoms with Crippen LogP contribution in [0.4, 0.5) is 5.69 Å². The Hall–Kier alpha value is -4.37. The van der Waals surface area contributed by atoms with Crippen molar-refractivity contribution in [2.24, 2.45) is 0 Å². The second kappa shape index (κ2) is 8.57. The van der Waals surface area contributed by atoms with E-state index in [1.54, 1.807) is 42.5 Å². The molecule has 4 aromatic rings. The number of methoxy groups -OCH3 is 2. The van der Waals surface area contributed by atoms with E-state index in [1.165, 1.54) is 18.2 Å². The van der Waals surface area contributed by atoms with E-state index in [4.69, 9.17) is 9.47 Å². The molecule has 8 nitrogen and oxygen atoms in total. The summed E-state index contributed by atoms with van der Waals surface area (Å²) < 4.78 is 40.2. The number of aromatic nitrogens is 1. The van der Waals surface area contributed by atoms with Crippen LogP contribution in [-0.2, 0) is 34.6 Å². The highest BCUT2D eigenvalue weighted by molar-refractivity contribution is 7.90. The first-order chi connectivity index (χ1) is 18.7. The topological polar surface area (TPSA) is 94.9 Å². The van der Waals surface area contributed by atoms with E-state index in [-0.39, 0.29) is 16.0 Å². The SMILES string of the molecule is COC(=O)C1=C(C(=O)OC)[C@@]2(C)c3c(n(S(=O)(=O)c4ccccc4)c4ccccc34)[C@@H]1N2c1ccc(C)cc1. The van der Waals surface area contributed by atoms with Crippen LogP contribution in [0.3, 0.4) is 0 Å². The lowest BCUT2D eigenvalue weighted by atomic mass is 9.79. The van der Waals surface area contributed by atoms with Gasteiger partial charge in [0.2, 0.25) is 0 Å². The lowest BCUT2D eigenvalue weighted by Crippen LogP contribution is -2.40. The first-order valence-corrected chi connectivity index (χ1v) is 13.8. The van der Waals surface area contributed by atoms with Gasteiger partial charge in [0.25, 0.3) is 10.0 Å². The Labute approximate surface area is 226 Å². The van der Waals surface area contributed by atoms with Crippen LogP contribution < -0.4 is 4.90 Å². The van der Waals surface area contributed by atoms with Crippen LogP contribution in [0, 0.1) is 6.92 Å². The van der Waals surface area contributed by atoms with E-state index in [0.717, 1.165) is 11.3 Å². The Balaban J connectivity index is 1.77. The number of benzene rings is 3. The molecule has 3 aromatic carbocycles. The lowest BCUT2D eigenvalue weighted by molar-refractivity contribution is -0.139. The van der Waals surface area contributed by atoms with E-state index in [1.807, 2.05) is 55.1 Å². The zero-order chi connectivity index (χ0) is 27.7. The third-order valence-corrected chi connectivity index (χ3v) is 9.51. The highest BCUT2D eigenvalue weighted by atomic mass is 32.2. The van der Waals surface area contributed by atoms with Crippen molar-refractivity contribution in [2.75, 3.05) is 19.1 Å². The molecule has 0 radical (unpaired) electrons. The van der Waals surface area contributed by atoms with Crippen LogP contribution in [-0.4, -0.2) is 38.5 Å². The van der Waals surface area contributed by atoms with Crippen molar-refractivity contribution >= 4 is 38.6 Å². The zero-order valence-electron chi connectivity index (χ0n) is 21.8. The molecule has 1 aromatic heterocycles. The van der Waals surface area contributed by atoms with Gasteiger partial charge in [-0.15, -0.1) is 0 Å². The van der Waals surface area contributed by atoms with E-state index in [2.05, 4.69) is 0 Å². The number of nitrogens with zero attached hydrogens (tertiary/aromatic N) is 2. The molecular weight excluding hydrogens is 516 g/mol. The molecule has 2 atom stereocenters. The molecule has 0 fully saturated rings. The van der Waals surface area contributed by atoms with Crippen molar-refractivity contribution in [2.45, 2.75) is 30.3 Å². The average Bonchev–Trinajstić information content (AvgIpc) is 3.53. The van der Waals surface area contributed by atoms with Crippen LogP contribution in [0.5, 0.6) is 0 Å². The predicted molar refractivity (Wildman–Crippen MR) is 146 cm³/mol. The smallest absolute Gasteiger partial charge is 0.337 e. The minimum atomic E-state index is -4.11. The number of hydrogen-bond acceptors (Lipinski definition) is 7. The standard InChI is InChI=1S/C30H26N2O6S/c1-18-14-16-19(17-15-18)31-26-23(28(33)37-3)25(29(34)38-4)30(31,2)24-21-12-8-9-13-22(21)32(27(24)26)39(35,36)20-10-6-5-7-11-20/h5-17,26H,1-4H3/t26-,30-/m1/s1. The summed E-state index contributed by atoms with van der Waals surface area (Å²) in [4.78, 5) is 28.8. The van der Waals surface area contributed by atoms with E-state index in [0.29, 0.717) is 22.2 Å².